The zero-order valence-electron chi connectivity index (χ0n) is 17.4. The predicted molar refractivity (Wildman–Crippen MR) is 117 cm³/mol. The molecule has 6 heteroatoms. The molecule has 2 aromatic carbocycles. The van der Waals surface area contributed by atoms with Crippen LogP contribution in [0.25, 0.3) is 16.8 Å². The summed E-state index contributed by atoms with van der Waals surface area (Å²) in [7, 11) is 0. The number of aliphatic hydroxyl groups excluding tert-OH is 1. The van der Waals surface area contributed by atoms with E-state index < -0.39 is 6.10 Å². The van der Waals surface area contributed by atoms with Crippen molar-refractivity contribution in [2.45, 2.75) is 33.4 Å². The van der Waals surface area contributed by atoms with Gasteiger partial charge in [-0.2, -0.15) is 5.10 Å². The number of ether oxygens (including phenoxy) is 1. The monoisotopic (exact) mass is 403 g/mol. The smallest absolute Gasteiger partial charge is 0.276 e. The van der Waals surface area contributed by atoms with Crippen LogP contribution in [0.4, 0.5) is 0 Å². The van der Waals surface area contributed by atoms with E-state index in [0.717, 1.165) is 28.0 Å². The minimum atomic E-state index is -0.765. The van der Waals surface area contributed by atoms with Crippen LogP contribution in [0.2, 0.25) is 0 Å². The van der Waals surface area contributed by atoms with E-state index in [0.29, 0.717) is 17.8 Å². The molecule has 154 valence electrons. The van der Waals surface area contributed by atoms with Gasteiger partial charge >= 0.3 is 0 Å². The Bertz CT molecular complexity index is 1240. The number of aryl methyl sites for hydroxylation is 2. The SMILES string of the molecule is CCOc1ccc(-c2cc3c(=O)n(CC(O)c4cc(C)ccc4C)ccn3n2)cc1. The molecule has 6 nitrogen and oxygen atoms in total. The lowest BCUT2D eigenvalue weighted by atomic mass is 10.0. The normalized spacial score (nSPS) is 12.3. The van der Waals surface area contributed by atoms with Crippen LogP contribution in [-0.2, 0) is 6.54 Å². The molecule has 0 aliphatic carbocycles. The first-order valence-electron chi connectivity index (χ1n) is 10.0. The summed E-state index contributed by atoms with van der Waals surface area (Å²) < 4.78 is 8.59. The minimum Gasteiger partial charge on any atom is -0.494 e. The molecule has 1 unspecified atom stereocenters. The Morgan fingerprint density at radius 3 is 2.57 bits per heavy atom. The number of hydrogen-bond donors (Lipinski definition) is 1. The van der Waals surface area contributed by atoms with Crippen molar-refractivity contribution in [2.24, 2.45) is 0 Å². The quantitative estimate of drug-likeness (QED) is 0.530. The highest BCUT2D eigenvalue weighted by molar-refractivity contribution is 5.66. The topological polar surface area (TPSA) is 68.8 Å². The molecule has 0 spiro atoms. The first kappa shape index (κ1) is 19.9. The van der Waals surface area contributed by atoms with Gasteiger partial charge in [0.1, 0.15) is 11.3 Å². The molecule has 0 amide bonds. The minimum absolute atomic E-state index is 0.184. The molecule has 0 aliphatic heterocycles. The Labute approximate surface area is 175 Å². The molecule has 0 bridgehead atoms. The summed E-state index contributed by atoms with van der Waals surface area (Å²) >= 11 is 0. The van der Waals surface area contributed by atoms with Crippen molar-refractivity contribution >= 4 is 5.52 Å². The van der Waals surface area contributed by atoms with Crippen LogP contribution in [0.3, 0.4) is 0 Å². The van der Waals surface area contributed by atoms with E-state index in [1.54, 1.807) is 23.0 Å². The second kappa shape index (κ2) is 8.16. The van der Waals surface area contributed by atoms with E-state index in [1.807, 2.05) is 63.2 Å². The lowest BCUT2D eigenvalue weighted by molar-refractivity contribution is 0.154. The van der Waals surface area contributed by atoms with Crippen molar-refractivity contribution in [3.05, 3.63) is 88.0 Å². The largest absolute Gasteiger partial charge is 0.494 e. The zero-order chi connectivity index (χ0) is 21.3. The Balaban J connectivity index is 1.64. The third-order valence-corrected chi connectivity index (χ3v) is 5.23. The van der Waals surface area contributed by atoms with Crippen molar-refractivity contribution in [3.63, 3.8) is 0 Å². The van der Waals surface area contributed by atoms with Gasteiger partial charge in [0, 0.05) is 18.0 Å². The van der Waals surface area contributed by atoms with Crippen molar-refractivity contribution in [1.82, 2.24) is 14.2 Å². The highest BCUT2D eigenvalue weighted by Gasteiger charge is 2.15. The van der Waals surface area contributed by atoms with Crippen LogP contribution in [0.1, 0.15) is 29.7 Å². The van der Waals surface area contributed by atoms with Crippen LogP contribution in [0.5, 0.6) is 5.75 Å². The van der Waals surface area contributed by atoms with Crippen molar-refractivity contribution in [3.8, 4) is 17.0 Å². The van der Waals surface area contributed by atoms with Crippen LogP contribution < -0.4 is 10.3 Å². The Hall–Kier alpha value is -3.38. The molecule has 30 heavy (non-hydrogen) atoms. The number of rotatable bonds is 6. The summed E-state index contributed by atoms with van der Waals surface area (Å²) in [5, 5.41) is 15.3. The van der Waals surface area contributed by atoms with Gasteiger partial charge in [0.2, 0.25) is 0 Å². The predicted octanol–water partition coefficient (Wildman–Crippen LogP) is 3.91. The summed E-state index contributed by atoms with van der Waals surface area (Å²) in [6.07, 6.45) is 2.64. The van der Waals surface area contributed by atoms with Gasteiger partial charge in [-0.3, -0.25) is 4.79 Å². The molecule has 2 heterocycles. The van der Waals surface area contributed by atoms with Crippen LogP contribution in [-0.4, -0.2) is 25.9 Å². The molecule has 0 aliphatic rings. The van der Waals surface area contributed by atoms with Gasteiger partial charge in [-0.15, -0.1) is 0 Å². The maximum Gasteiger partial charge on any atom is 0.276 e. The average Bonchev–Trinajstić information content (AvgIpc) is 3.18. The van der Waals surface area contributed by atoms with Gasteiger partial charge in [-0.1, -0.05) is 23.8 Å². The fourth-order valence-electron chi connectivity index (χ4n) is 3.60. The summed E-state index contributed by atoms with van der Waals surface area (Å²) in [4.78, 5) is 13.0. The van der Waals surface area contributed by atoms with E-state index in [1.165, 1.54) is 4.57 Å². The lowest BCUT2D eigenvalue weighted by Gasteiger charge is -2.16. The molecule has 1 atom stereocenters. The van der Waals surface area contributed by atoms with E-state index in [9.17, 15) is 9.90 Å². The first-order chi connectivity index (χ1) is 14.5. The molecular weight excluding hydrogens is 378 g/mol. The second-order valence-electron chi connectivity index (χ2n) is 7.45. The van der Waals surface area contributed by atoms with Crippen LogP contribution in [0.15, 0.2) is 65.7 Å². The fourth-order valence-corrected chi connectivity index (χ4v) is 3.60. The zero-order valence-corrected chi connectivity index (χ0v) is 17.4. The molecule has 2 aromatic heterocycles. The Kier molecular flexibility index (Phi) is 5.42. The number of nitrogens with zero attached hydrogens (tertiary/aromatic N) is 3. The van der Waals surface area contributed by atoms with Gasteiger partial charge in [-0.25, -0.2) is 4.52 Å². The van der Waals surface area contributed by atoms with E-state index in [2.05, 4.69) is 5.10 Å². The molecule has 0 radical (unpaired) electrons. The highest BCUT2D eigenvalue weighted by atomic mass is 16.5. The van der Waals surface area contributed by atoms with E-state index in [-0.39, 0.29) is 12.1 Å². The Morgan fingerprint density at radius 2 is 1.83 bits per heavy atom. The Morgan fingerprint density at radius 1 is 1.07 bits per heavy atom. The van der Waals surface area contributed by atoms with E-state index in [4.69, 9.17) is 4.74 Å². The standard InChI is InChI=1S/C24H25N3O3/c1-4-30-19-9-7-18(8-10-19)21-14-22-24(29)26(11-12-27(22)25-21)15-23(28)20-13-16(2)5-6-17(20)3/h5-14,23,28H,4,15H2,1-3H3. The molecule has 4 rings (SSSR count). The van der Waals surface area contributed by atoms with Gasteiger partial charge in [-0.05, 0) is 62.2 Å². The molecule has 0 fully saturated rings. The van der Waals surface area contributed by atoms with Crippen molar-refractivity contribution < 1.29 is 9.84 Å². The second-order valence-corrected chi connectivity index (χ2v) is 7.45. The molecular formula is C24H25N3O3. The molecule has 0 saturated carbocycles. The molecule has 0 saturated heterocycles. The fraction of sp³-hybridized carbons (Fsp3) is 0.250. The summed E-state index contributed by atoms with van der Waals surface area (Å²) in [6, 6.07) is 15.4. The van der Waals surface area contributed by atoms with Crippen LogP contribution >= 0.6 is 0 Å². The number of hydrogen-bond acceptors (Lipinski definition) is 4. The highest BCUT2D eigenvalue weighted by Crippen LogP contribution is 2.23. The third-order valence-electron chi connectivity index (χ3n) is 5.23. The average molecular weight is 403 g/mol. The van der Waals surface area contributed by atoms with Crippen molar-refractivity contribution in [2.75, 3.05) is 6.61 Å². The van der Waals surface area contributed by atoms with Crippen LogP contribution in [0, 0.1) is 13.8 Å². The van der Waals surface area contributed by atoms with Gasteiger partial charge < -0.3 is 14.4 Å². The number of benzene rings is 2. The van der Waals surface area contributed by atoms with Crippen molar-refractivity contribution in [1.29, 1.82) is 0 Å². The summed E-state index contributed by atoms with van der Waals surface area (Å²) in [5.74, 6) is 0.799. The molecule has 1 N–H and O–H groups in total. The number of aromatic nitrogens is 3. The van der Waals surface area contributed by atoms with Gasteiger partial charge in [0.05, 0.1) is 24.9 Å². The van der Waals surface area contributed by atoms with E-state index >= 15 is 0 Å². The van der Waals surface area contributed by atoms with Gasteiger partial charge in [0.25, 0.3) is 5.56 Å². The van der Waals surface area contributed by atoms with Gasteiger partial charge in [0.15, 0.2) is 0 Å². The number of aliphatic hydroxyl groups is 1. The summed E-state index contributed by atoms with van der Waals surface area (Å²) in [5.41, 5.74) is 4.82. The lowest BCUT2D eigenvalue weighted by Crippen LogP contribution is -2.24. The maximum atomic E-state index is 13.0. The third kappa shape index (κ3) is 3.86. The molecule has 4 aromatic rings. The maximum absolute atomic E-state index is 13.0. The summed E-state index contributed by atoms with van der Waals surface area (Å²) in [6.45, 7) is 6.69. The number of fused-ring (bicyclic) bond motifs is 1. The first-order valence-corrected chi connectivity index (χ1v) is 10.0.